The van der Waals surface area contributed by atoms with E-state index in [0.29, 0.717) is 38.9 Å². The number of hydrogen-bond donors (Lipinski definition) is 1. The normalized spacial score (nSPS) is 11.1. The third-order valence-corrected chi connectivity index (χ3v) is 5.43. The van der Waals surface area contributed by atoms with Gasteiger partial charge in [-0.2, -0.15) is 5.26 Å². The Morgan fingerprint density at radius 2 is 1.94 bits per heavy atom. The van der Waals surface area contributed by atoms with Crippen molar-refractivity contribution in [2.45, 2.75) is 26.6 Å². The molecular weight excluding hydrogens is 504 g/mol. The fourth-order valence-electron chi connectivity index (χ4n) is 2.93. The van der Waals surface area contributed by atoms with Crippen LogP contribution in [0, 0.1) is 11.3 Å². The van der Waals surface area contributed by atoms with Gasteiger partial charge in [-0.25, -0.2) is 0 Å². The number of halogens is 2. The van der Waals surface area contributed by atoms with Crippen LogP contribution in [-0.4, -0.2) is 12.0 Å². The average Bonchev–Trinajstić information content (AvgIpc) is 2.77. The number of ether oxygens (including phenoxy) is 2. The highest BCUT2D eigenvalue weighted by atomic mass is 79.9. The predicted octanol–water partition coefficient (Wildman–Crippen LogP) is 7.01. The van der Waals surface area contributed by atoms with Gasteiger partial charge in [-0.3, -0.25) is 4.79 Å². The second kappa shape index (κ2) is 11.6. The third-order valence-electron chi connectivity index (χ3n) is 4.44. The standard InChI is InChI=1S/C26H22BrClN2O3/c1-17(2)33-22-8-5-7-21(14-22)30-26(31)20(15-29)12-18-10-11-25(23(27)13-18)32-16-19-6-3-4-9-24(19)28/h3-14,17H,16H2,1-2H3,(H,30,31)/b20-12-. The molecule has 1 N–H and O–H groups in total. The molecule has 0 fully saturated rings. The van der Waals surface area contributed by atoms with Crippen LogP contribution in [0.3, 0.4) is 0 Å². The van der Waals surface area contributed by atoms with E-state index >= 15 is 0 Å². The zero-order valence-electron chi connectivity index (χ0n) is 18.1. The molecule has 0 spiro atoms. The summed E-state index contributed by atoms with van der Waals surface area (Å²) in [6.45, 7) is 4.17. The SMILES string of the molecule is CC(C)Oc1cccc(NC(=O)/C(C#N)=C\c2ccc(OCc3ccccc3Cl)c(Br)c2)c1. The summed E-state index contributed by atoms with van der Waals surface area (Å²) in [5.74, 6) is 0.757. The maximum Gasteiger partial charge on any atom is 0.266 e. The number of nitriles is 1. The van der Waals surface area contributed by atoms with Crippen LogP contribution >= 0.6 is 27.5 Å². The maximum absolute atomic E-state index is 12.6. The number of nitrogens with one attached hydrogen (secondary N) is 1. The van der Waals surface area contributed by atoms with E-state index < -0.39 is 5.91 Å². The summed E-state index contributed by atoms with van der Waals surface area (Å²) in [6, 6.07) is 21.8. The summed E-state index contributed by atoms with van der Waals surface area (Å²) >= 11 is 9.66. The van der Waals surface area contributed by atoms with E-state index in [-0.39, 0.29) is 11.7 Å². The molecular formula is C26H22BrClN2O3. The number of hydrogen-bond acceptors (Lipinski definition) is 4. The highest BCUT2D eigenvalue weighted by molar-refractivity contribution is 9.10. The van der Waals surface area contributed by atoms with Gasteiger partial charge in [-0.05, 0) is 71.7 Å². The quantitative estimate of drug-likeness (QED) is 0.253. The lowest BCUT2D eigenvalue weighted by Gasteiger charge is -2.11. The topological polar surface area (TPSA) is 71.3 Å². The molecule has 0 aliphatic rings. The molecule has 33 heavy (non-hydrogen) atoms. The number of carbonyl (C=O) groups excluding carboxylic acids is 1. The van der Waals surface area contributed by atoms with Gasteiger partial charge in [0.2, 0.25) is 0 Å². The molecule has 1 amide bonds. The van der Waals surface area contributed by atoms with Crippen LogP contribution in [0.25, 0.3) is 6.08 Å². The Hall–Kier alpha value is -3.27. The number of anilines is 1. The molecule has 0 heterocycles. The lowest BCUT2D eigenvalue weighted by molar-refractivity contribution is -0.112. The second-order valence-electron chi connectivity index (χ2n) is 7.39. The van der Waals surface area contributed by atoms with E-state index in [1.807, 2.05) is 50.2 Å². The van der Waals surface area contributed by atoms with Crippen molar-refractivity contribution in [3.63, 3.8) is 0 Å². The van der Waals surface area contributed by atoms with E-state index in [4.69, 9.17) is 21.1 Å². The number of nitrogens with zero attached hydrogens (tertiary/aromatic N) is 1. The Labute approximate surface area is 206 Å². The monoisotopic (exact) mass is 524 g/mol. The molecule has 0 radical (unpaired) electrons. The molecule has 3 rings (SSSR count). The molecule has 0 aromatic heterocycles. The van der Waals surface area contributed by atoms with E-state index in [9.17, 15) is 10.1 Å². The summed E-state index contributed by atoms with van der Waals surface area (Å²) < 4.78 is 12.2. The van der Waals surface area contributed by atoms with Gasteiger partial charge in [-0.15, -0.1) is 0 Å². The molecule has 7 heteroatoms. The van der Waals surface area contributed by atoms with E-state index in [0.717, 1.165) is 5.56 Å². The predicted molar refractivity (Wildman–Crippen MR) is 134 cm³/mol. The van der Waals surface area contributed by atoms with Crippen molar-refractivity contribution >= 4 is 45.2 Å². The first-order chi connectivity index (χ1) is 15.9. The Morgan fingerprint density at radius 1 is 1.15 bits per heavy atom. The van der Waals surface area contributed by atoms with Gasteiger partial charge in [0.25, 0.3) is 5.91 Å². The molecule has 3 aromatic rings. The lowest BCUT2D eigenvalue weighted by atomic mass is 10.1. The van der Waals surface area contributed by atoms with E-state index in [2.05, 4.69) is 21.2 Å². The summed E-state index contributed by atoms with van der Waals surface area (Å²) in [5.41, 5.74) is 2.07. The highest BCUT2D eigenvalue weighted by Crippen LogP contribution is 2.29. The maximum atomic E-state index is 12.6. The number of carbonyl (C=O) groups is 1. The minimum Gasteiger partial charge on any atom is -0.491 e. The first-order valence-corrected chi connectivity index (χ1v) is 11.4. The van der Waals surface area contributed by atoms with Crippen molar-refractivity contribution in [1.29, 1.82) is 5.26 Å². The van der Waals surface area contributed by atoms with Crippen molar-refractivity contribution in [3.8, 4) is 17.6 Å². The Bertz CT molecular complexity index is 1220. The molecule has 0 unspecified atom stereocenters. The van der Waals surface area contributed by atoms with E-state index in [1.54, 1.807) is 36.4 Å². The lowest BCUT2D eigenvalue weighted by Crippen LogP contribution is -2.13. The van der Waals surface area contributed by atoms with Crippen LogP contribution in [0.4, 0.5) is 5.69 Å². The largest absolute Gasteiger partial charge is 0.491 e. The van der Waals surface area contributed by atoms with Gasteiger partial charge in [0, 0.05) is 22.3 Å². The van der Waals surface area contributed by atoms with Gasteiger partial charge in [0.05, 0.1) is 10.6 Å². The minimum atomic E-state index is -0.505. The van der Waals surface area contributed by atoms with Gasteiger partial charge in [0.15, 0.2) is 0 Å². The van der Waals surface area contributed by atoms with Crippen LogP contribution in [0.1, 0.15) is 25.0 Å². The first kappa shape index (κ1) is 24.4. The summed E-state index contributed by atoms with van der Waals surface area (Å²) in [4.78, 5) is 12.6. The van der Waals surface area contributed by atoms with E-state index in [1.165, 1.54) is 6.08 Å². The summed E-state index contributed by atoms with van der Waals surface area (Å²) in [7, 11) is 0. The second-order valence-corrected chi connectivity index (χ2v) is 8.65. The molecule has 3 aromatic carbocycles. The molecule has 0 aliphatic heterocycles. The number of benzene rings is 3. The fraction of sp³-hybridized carbons (Fsp3) is 0.154. The number of amides is 1. The minimum absolute atomic E-state index is 0.0144. The van der Waals surface area contributed by atoms with Crippen molar-refractivity contribution in [2.75, 3.05) is 5.32 Å². The van der Waals surface area contributed by atoms with Gasteiger partial charge in [0.1, 0.15) is 29.7 Å². The highest BCUT2D eigenvalue weighted by Gasteiger charge is 2.12. The van der Waals surface area contributed by atoms with Crippen molar-refractivity contribution in [2.24, 2.45) is 0 Å². The molecule has 0 saturated heterocycles. The first-order valence-electron chi connectivity index (χ1n) is 10.2. The Kier molecular flexibility index (Phi) is 8.53. The van der Waals surface area contributed by atoms with Crippen LogP contribution < -0.4 is 14.8 Å². The van der Waals surface area contributed by atoms with Gasteiger partial charge >= 0.3 is 0 Å². The van der Waals surface area contributed by atoms with Crippen molar-refractivity contribution < 1.29 is 14.3 Å². The summed E-state index contributed by atoms with van der Waals surface area (Å²) in [6.07, 6.45) is 1.53. The zero-order chi connectivity index (χ0) is 23.8. The fourth-order valence-corrected chi connectivity index (χ4v) is 3.63. The summed E-state index contributed by atoms with van der Waals surface area (Å²) in [5, 5.41) is 12.9. The Balaban J connectivity index is 1.70. The zero-order valence-corrected chi connectivity index (χ0v) is 20.5. The van der Waals surface area contributed by atoms with Crippen LogP contribution in [0.2, 0.25) is 5.02 Å². The van der Waals surface area contributed by atoms with Crippen LogP contribution in [0.5, 0.6) is 11.5 Å². The van der Waals surface area contributed by atoms with Gasteiger partial charge in [-0.1, -0.05) is 41.9 Å². The molecule has 0 saturated carbocycles. The van der Waals surface area contributed by atoms with Gasteiger partial charge < -0.3 is 14.8 Å². The van der Waals surface area contributed by atoms with Crippen LogP contribution in [0.15, 0.2) is 76.8 Å². The Morgan fingerprint density at radius 3 is 2.64 bits per heavy atom. The molecule has 0 aliphatic carbocycles. The molecule has 5 nitrogen and oxygen atoms in total. The molecule has 0 atom stereocenters. The smallest absolute Gasteiger partial charge is 0.266 e. The number of rotatable bonds is 8. The van der Waals surface area contributed by atoms with Crippen LogP contribution in [-0.2, 0) is 11.4 Å². The molecule has 0 bridgehead atoms. The average molecular weight is 526 g/mol. The third kappa shape index (κ3) is 7.11. The van der Waals surface area contributed by atoms with Crippen molar-refractivity contribution in [1.82, 2.24) is 0 Å². The molecule has 168 valence electrons. The van der Waals surface area contributed by atoms with Crippen molar-refractivity contribution in [3.05, 3.63) is 92.9 Å².